The van der Waals surface area contributed by atoms with Crippen LogP contribution in [0, 0.1) is 20.8 Å². The number of aromatic carboxylic acids is 1. The van der Waals surface area contributed by atoms with E-state index in [0.717, 1.165) is 28.3 Å². The van der Waals surface area contributed by atoms with Crippen molar-refractivity contribution >= 4 is 23.3 Å². The first-order chi connectivity index (χ1) is 14.3. The Hall–Kier alpha value is -3.61. The number of carbonyl (C=O) groups is 2. The minimum atomic E-state index is -1.05. The van der Waals surface area contributed by atoms with Crippen LogP contribution in [0.25, 0.3) is 0 Å². The Morgan fingerprint density at radius 2 is 1.73 bits per heavy atom. The topological polar surface area (TPSA) is 95.7 Å². The average molecular weight is 407 g/mol. The van der Waals surface area contributed by atoms with E-state index in [4.69, 9.17) is 4.52 Å². The fourth-order valence-electron chi connectivity index (χ4n) is 3.26. The molecule has 7 nitrogen and oxygen atoms in total. The van der Waals surface area contributed by atoms with Crippen molar-refractivity contribution in [3.8, 4) is 0 Å². The van der Waals surface area contributed by atoms with E-state index >= 15 is 0 Å². The first-order valence-electron chi connectivity index (χ1n) is 9.64. The van der Waals surface area contributed by atoms with Crippen LogP contribution in [-0.2, 0) is 6.42 Å². The third kappa shape index (κ3) is 4.68. The Morgan fingerprint density at radius 3 is 2.33 bits per heavy atom. The van der Waals surface area contributed by atoms with E-state index < -0.39 is 5.97 Å². The number of likely N-dealkylation sites (N-methyl/N-ethyl adjacent to an activating group) is 1. The number of nitrogens with zero attached hydrogens (tertiary/aromatic N) is 2. The van der Waals surface area contributed by atoms with Crippen LogP contribution in [-0.4, -0.2) is 35.7 Å². The predicted octanol–water partition coefficient (Wildman–Crippen LogP) is 4.23. The van der Waals surface area contributed by atoms with E-state index in [1.807, 2.05) is 44.9 Å². The van der Waals surface area contributed by atoms with Crippen LogP contribution >= 0.6 is 0 Å². The summed E-state index contributed by atoms with van der Waals surface area (Å²) in [6, 6.07) is 11.9. The molecule has 0 bridgehead atoms. The number of hydrogen-bond donors (Lipinski definition) is 2. The summed E-state index contributed by atoms with van der Waals surface area (Å²) in [5, 5.41) is 16.2. The summed E-state index contributed by atoms with van der Waals surface area (Å²) in [5.41, 5.74) is 4.75. The molecule has 0 aliphatic rings. The first-order valence-corrected chi connectivity index (χ1v) is 9.64. The number of amides is 1. The molecule has 156 valence electrons. The van der Waals surface area contributed by atoms with Gasteiger partial charge in [0, 0.05) is 24.7 Å². The molecule has 0 aliphatic carbocycles. The van der Waals surface area contributed by atoms with Gasteiger partial charge in [-0.3, -0.25) is 4.79 Å². The first kappa shape index (κ1) is 21.1. The zero-order valence-electron chi connectivity index (χ0n) is 17.5. The lowest BCUT2D eigenvalue weighted by molar-refractivity contribution is 0.0696. The summed E-state index contributed by atoms with van der Waals surface area (Å²) in [7, 11) is 1.90. The lowest BCUT2D eigenvalue weighted by atomic mass is 10.1. The number of aromatic nitrogens is 1. The smallest absolute Gasteiger partial charge is 0.335 e. The predicted molar refractivity (Wildman–Crippen MR) is 115 cm³/mol. The number of hydrogen-bond acceptors (Lipinski definition) is 5. The molecule has 3 aromatic rings. The van der Waals surface area contributed by atoms with Crippen LogP contribution < -0.4 is 10.2 Å². The minimum Gasteiger partial charge on any atom is -0.478 e. The molecule has 0 saturated heterocycles. The molecule has 0 unspecified atom stereocenters. The molecular weight excluding hydrogens is 382 g/mol. The molecule has 2 aromatic carbocycles. The van der Waals surface area contributed by atoms with Gasteiger partial charge in [-0.1, -0.05) is 22.9 Å². The number of carbonyl (C=O) groups excluding carboxylic acids is 1. The number of carboxylic acid groups (broad SMARTS) is 1. The van der Waals surface area contributed by atoms with Crippen LogP contribution in [0.1, 0.15) is 43.3 Å². The van der Waals surface area contributed by atoms with Gasteiger partial charge in [-0.05, 0) is 57.5 Å². The molecule has 30 heavy (non-hydrogen) atoms. The van der Waals surface area contributed by atoms with Crippen LogP contribution in [0.4, 0.5) is 11.4 Å². The lowest BCUT2D eigenvalue weighted by Gasteiger charge is -2.23. The maximum atomic E-state index is 12.7. The molecular formula is C23H25N3O4. The molecule has 0 radical (unpaired) electrons. The molecule has 1 aromatic heterocycles. The van der Waals surface area contributed by atoms with Gasteiger partial charge in [0.1, 0.15) is 5.76 Å². The zero-order chi connectivity index (χ0) is 21.8. The third-order valence-electron chi connectivity index (χ3n) is 5.10. The van der Waals surface area contributed by atoms with Gasteiger partial charge in [-0.25, -0.2) is 4.79 Å². The van der Waals surface area contributed by atoms with Crippen molar-refractivity contribution in [3.05, 3.63) is 76.2 Å². The monoisotopic (exact) mass is 407 g/mol. The van der Waals surface area contributed by atoms with E-state index in [-0.39, 0.29) is 11.5 Å². The Bertz CT molecular complexity index is 1050. The normalized spacial score (nSPS) is 10.7. The molecule has 0 spiro atoms. The average Bonchev–Trinajstić information content (AvgIpc) is 3.04. The second-order valence-corrected chi connectivity index (χ2v) is 7.33. The zero-order valence-corrected chi connectivity index (χ0v) is 17.5. The van der Waals surface area contributed by atoms with Crippen molar-refractivity contribution in [2.45, 2.75) is 27.2 Å². The van der Waals surface area contributed by atoms with Gasteiger partial charge in [0.2, 0.25) is 0 Å². The number of benzene rings is 2. The van der Waals surface area contributed by atoms with E-state index in [0.29, 0.717) is 24.2 Å². The largest absolute Gasteiger partial charge is 0.478 e. The van der Waals surface area contributed by atoms with Crippen molar-refractivity contribution in [1.29, 1.82) is 0 Å². The maximum absolute atomic E-state index is 12.7. The Labute approximate surface area is 175 Å². The van der Waals surface area contributed by atoms with Gasteiger partial charge in [0.25, 0.3) is 5.91 Å². The number of aryl methyl sites for hydroxylation is 3. The van der Waals surface area contributed by atoms with E-state index in [2.05, 4.69) is 10.5 Å². The van der Waals surface area contributed by atoms with Gasteiger partial charge in [0.15, 0.2) is 0 Å². The van der Waals surface area contributed by atoms with Crippen molar-refractivity contribution in [3.63, 3.8) is 0 Å². The van der Waals surface area contributed by atoms with Crippen LogP contribution in [0.2, 0.25) is 0 Å². The Kier molecular flexibility index (Phi) is 6.20. The maximum Gasteiger partial charge on any atom is 0.335 e. The third-order valence-corrected chi connectivity index (χ3v) is 5.10. The summed E-state index contributed by atoms with van der Waals surface area (Å²) in [5.74, 6) is -0.557. The highest BCUT2D eigenvalue weighted by molar-refractivity contribution is 6.06. The molecule has 0 saturated carbocycles. The van der Waals surface area contributed by atoms with E-state index in [1.54, 1.807) is 18.2 Å². The Morgan fingerprint density at radius 1 is 1.07 bits per heavy atom. The summed E-state index contributed by atoms with van der Waals surface area (Å²) in [4.78, 5) is 26.1. The second kappa shape index (κ2) is 8.82. The van der Waals surface area contributed by atoms with Gasteiger partial charge in [0.05, 0.1) is 22.6 Å². The van der Waals surface area contributed by atoms with Crippen molar-refractivity contribution in [1.82, 2.24) is 5.16 Å². The molecule has 0 fully saturated rings. The number of anilines is 2. The molecule has 0 aliphatic heterocycles. The Balaban J connectivity index is 1.85. The van der Waals surface area contributed by atoms with Gasteiger partial charge >= 0.3 is 5.97 Å². The second-order valence-electron chi connectivity index (χ2n) is 7.33. The SMILES string of the molecule is Cc1ccc(C(=O)Nc2cc(C(=O)O)ccc2N(C)CCc2c(C)noc2C)cc1. The highest BCUT2D eigenvalue weighted by Gasteiger charge is 2.16. The summed E-state index contributed by atoms with van der Waals surface area (Å²) >= 11 is 0. The fourth-order valence-corrected chi connectivity index (χ4v) is 3.26. The van der Waals surface area contributed by atoms with E-state index in [9.17, 15) is 14.7 Å². The summed E-state index contributed by atoms with van der Waals surface area (Å²) in [6.07, 6.45) is 0.712. The van der Waals surface area contributed by atoms with Crippen LogP contribution in [0.5, 0.6) is 0 Å². The molecule has 1 heterocycles. The minimum absolute atomic E-state index is 0.108. The summed E-state index contributed by atoms with van der Waals surface area (Å²) < 4.78 is 5.22. The number of carboxylic acids is 1. The van der Waals surface area contributed by atoms with Crippen LogP contribution in [0.15, 0.2) is 47.0 Å². The molecule has 2 N–H and O–H groups in total. The van der Waals surface area contributed by atoms with Crippen molar-refractivity contribution in [2.75, 3.05) is 23.8 Å². The highest BCUT2D eigenvalue weighted by Crippen LogP contribution is 2.28. The summed E-state index contributed by atoms with van der Waals surface area (Å²) in [6.45, 7) is 6.37. The number of rotatable bonds is 7. The molecule has 0 atom stereocenters. The molecule has 1 amide bonds. The fraction of sp³-hybridized carbons (Fsp3) is 0.261. The van der Waals surface area contributed by atoms with Gasteiger partial charge in [-0.15, -0.1) is 0 Å². The molecule has 3 rings (SSSR count). The number of nitrogens with one attached hydrogen (secondary N) is 1. The standard InChI is InChI=1S/C23H25N3O4/c1-14-5-7-17(8-6-14)22(27)24-20-13-18(23(28)29)9-10-21(20)26(4)12-11-19-15(2)25-30-16(19)3/h5-10,13H,11-12H2,1-4H3,(H,24,27)(H,28,29). The van der Waals surface area contributed by atoms with Crippen molar-refractivity contribution < 1.29 is 19.2 Å². The van der Waals surface area contributed by atoms with E-state index in [1.165, 1.54) is 12.1 Å². The van der Waals surface area contributed by atoms with Crippen LogP contribution in [0.3, 0.4) is 0 Å². The molecule has 7 heteroatoms. The van der Waals surface area contributed by atoms with Gasteiger partial charge < -0.3 is 19.8 Å². The van der Waals surface area contributed by atoms with Crippen molar-refractivity contribution in [2.24, 2.45) is 0 Å². The quantitative estimate of drug-likeness (QED) is 0.609. The highest BCUT2D eigenvalue weighted by atomic mass is 16.5. The van der Waals surface area contributed by atoms with Gasteiger partial charge in [-0.2, -0.15) is 0 Å². The lowest BCUT2D eigenvalue weighted by Crippen LogP contribution is -2.23.